The minimum atomic E-state index is 0.0955. The maximum absolute atomic E-state index is 12.8. The summed E-state index contributed by atoms with van der Waals surface area (Å²) < 4.78 is 2.14. The Morgan fingerprint density at radius 1 is 1.14 bits per heavy atom. The van der Waals surface area contributed by atoms with Gasteiger partial charge in [-0.05, 0) is 42.7 Å². The van der Waals surface area contributed by atoms with E-state index in [1.807, 2.05) is 41.6 Å². The van der Waals surface area contributed by atoms with Crippen LogP contribution in [0.25, 0.3) is 0 Å². The Morgan fingerprint density at radius 2 is 2.07 bits per heavy atom. The minimum Gasteiger partial charge on any atom is -0.508 e. The van der Waals surface area contributed by atoms with Crippen molar-refractivity contribution in [1.29, 1.82) is 0 Å². The van der Waals surface area contributed by atoms with E-state index in [1.54, 1.807) is 24.4 Å². The number of hydrogen-bond donors (Lipinski definition) is 1. The number of hydrogen-bond acceptors (Lipinski definition) is 4. The molecule has 4 rings (SSSR count). The summed E-state index contributed by atoms with van der Waals surface area (Å²) in [4.78, 5) is 23.7. The van der Waals surface area contributed by atoms with Crippen molar-refractivity contribution in [3.8, 4) is 5.75 Å². The maximum Gasteiger partial charge on any atom is 0.227 e. The smallest absolute Gasteiger partial charge is 0.227 e. The van der Waals surface area contributed by atoms with Gasteiger partial charge in [0, 0.05) is 37.6 Å². The van der Waals surface area contributed by atoms with Crippen LogP contribution >= 0.6 is 0 Å². The molecule has 0 spiro atoms. The molecule has 1 amide bonds. The third-order valence-corrected chi connectivity index (χ3v) is 5.21. The van der Waals surface area contributed by atoms with Gasteiger partial charge in [-0.1, -0.05) is 18.2 Å². The van der Waals surface area contributed by atoms with Crippen molar-refractivity contribution in [3.05, 3.63) is 78.1 Å². The van der Waals surface area contributed by atoms with Gasteiger partial charge in [0.15, 0.2) is 0 Å². The maximum atomic E-state index is 12.8. The fourth-order valence-corrected chi connectivity index (χ4v) is 3.85. The zero-order chi connectivity index (χ0) is 19.3. The summed E-state index contributed by atoms with van der Waals surface area (Å²) in [5, 5.41) is 9.61. The second-order valence-corrected chi connectivity index (χ2v) is 7.26. The molecule has 1 saturated heterocycles. The molecule has 144 valence electrons. The fraction of sp³-hybridized carbons (Fsp3) is 0.318. The highest BCUT2D eigenvalue weighted by Crippen LogP contribution is 2.27. The first-order chi connectivity index (χ1) is 13.7. The number of benzene rings is 1. The lowest BCUT2D eigenvalue weighted by molar-refractivity contribution is -0.131. The van der Waals surface area contributed by atoms with Crippen LogP contribution in [-0.2, 0) is 17.8 Å². The Bertz CT molecular complexity index is 938. The molecule has 1 fully saturated rings. The number of pyridine rings is 1. The van der Waals surface area contributed by atoms with Gasteiger partial charge in [0.1, 0.15) is 11.6 Å². The van der Waals surface area contributed by atoms with Gasteiger partial charge in [0.2, 0.25) is 5.91 Å². The van der Waals surface area contributed by atoms with Gasteiger partial charge in [0.25, 0.3) is 0 Å². The van der Waals surface area contributed by atoms with E-state index in [-0.39, 0.29) is 17.6 Å². The van der Waals surface area contributed by atoms with E-state index in [2.05, 4.69) is 14.5 Å². The molecule has 1 atom stereocenters. The number of carbonyl (C=O) groups excluding carboxylic acids is 1. The average molecular weight is 376 g/mol. The molecule has 1 aromatic carbocycles. The molecule has 3 aromatic rings. The number of rotatable bonds is 5. The predicted molar refractivity (Wildman–Crippen MR) is 106 cm³/mol. The van der Waals surface area contributed by atoms with Crippen molar-refractivity contribution in [2.75, 3.05) is 13.1 Å². The molecule has 0 unspecified atom stereocenters. The average Bonchev–Trinajstić information content (AvgIpc) is 3.17. The van der Waals surface area contributed by atoms with Crippen molar-refractivity contribution >= 4 is 5.91 Å². The first kappa shape index (κ1) is 18.2. The Kier molecular flexibility index (Phi) is 5.37. The zero-order valence-electron chi connectivity index (χ0n) is 15.7. The van der Waals surface area contributed by atoms with Gasteiger partial charge in [-0.25, -0.2) is 4.98 Å². The van der Waals surface area contributed by atoms with Crippen molar-refractivity contribution in [3.63, 3.8) is 0 Å². The molecular formula is C22H24N4O2. The number of imidazole rings is 1. The lowest BCUT2D eigenvalue weighted by Gasteiger charge is -2.33. The van der Waals surface area contributed by atoms with Crippen molar-refractivity contribution in [2.45, 2.75) is 31.7 Å². The highest BCUT2D eigenvalue weighted by Gasteiger charge is 2.27. The molecule has 1 N–H and O–H groups in total. The van der Waals surface area contributed by atoms with Gasteiger partial charge in [-0.15, -0.1) is 0 Å². The summed E-state index contributed by atoms with van der Waals surface area (Å²) in [6, 6.07) is 12.8. The highest BCUT2D eigenvalue weighted by atomic mass is 16.3. The predicted octanol–water partition coefficient (Wildman–Crippen LogP) is 2.98. The molecule has 6 heteroatoms. The lowest BCUT2D eigenvalue weighted by Crippen LogP contribution is -2.40. The minimum absolute atomic E-state index is 0.0955. The van der Waals surface area contributed by atoms with Gasteiger partial charge in [-0.2, -0.15) is 0 Å². The summed E-state index contributed by atoms with van der Waals surface area (Å²) in [5.74, 6) is 1.53. The van der Waals surface area contributed by atoms with Crippen LogP contribution in [-0.4, -0.2) is 43.5 Å². The number of likely N-dealkylation sites (tertiary alicyclic amines) is 1. The molecule has 1 aliphatic rings. The lowest BCUT2D eigenvalue weighted by atomic mass is 9.96. The van der Waals surface area contributed by atoms with Crippen LogP contribution in [0, 0.1) is 0 Å². The van der Waals surface area contributed by atoms with E-state index >= 15 is 0 Å². The van der Waals surface area contributed by atoms with Crippen LogP contribution in [0.1, 0.15) is 35.8 Å². The SMILES string of the molecule is O=C(Cc1cccc(O)c1)N1CCC[C@@H](c2nccn2Cc2ccccn2)C1. The van der Waals surface area contributed by atoms with Gasteiger partial charge in [-0.3, -0.25) is 9.78 Å². The van der Waals surface area contributed by atoms with Crippen LogP contribution in [0.2, 0.25) is 0 Å². The van der Waals surface area contributed by atoms with Crippen LogP contribution < -0.4 is 0 Å². The number of aromatic hydroxyl groups is 1. The Morgan fingerprint density at radius 3 is 2.89 bits per heavy atom. The molecule has 0 radical (unpaired) electrons. The second kappa shape index (κ2) is 8.25. The van der Waals surface area contributed by atoms with E-state index in [0.29, 0.717) is 19.5 Å². The van der Waals surface area contributed by atoms with Crippen LogP contribution in [0.15, 0.2) is 61.1 Å². The Balaban J connectivity index is 1.44. The van der Waals surface area contributed by atoms with E-state index < -0.39 is 0 Å². The normalized spacial score (nSPS) is 16.9. The van der Waals surface area contributed by atoms with Crippen LogP contribution in [0.4, 0.5) is 0 Å². The molecule has 2 aromatic heterocycles. The molecule has 0 bridgehead atoms. The Labute approximate surface area is 164 Å². The summed E-state index contributed by atoms with van der Waals surface area (Å²) >= 11 is 0. The number of amides is 1. The Hall–Kier alpha value is -3.15. The largest absolute Gasteiger partial charge is 0.508 e. The topological polar surface area (TPSA) is 71.2 Å². The second-order valence-electron chi connectivity index (χ2n) is 7.26. The first-order valence-corrected chi connectivity index (χ1v) is 9.65. The van der Waals surface area contributed by atoms with E-state index in [9.17, 15) is 9.90 Å². The fourth-order valence-electron chi connectivity index (χ4n) is 3.85. The van der Waals surface area contributed by atoms with Crippen molar-refractivity contribution < 1.29 is 9.90 Å². The number of phenolic OH excluding ortho intramolecular Hbond substituents is 1. The van der Waals surface area contributed by atoms with Crippen LogP contribution in [0.5, 0.6) is 5.75 Å². The molecule has 6 nitrogen and oxygen atoms in total. The molecule has 0 saturated carbocycles. The molecular weight excluding hydrogens is 352 g/mol. The molecule has 28 heavy (non-hydrogen) atoms. The van der Waals surface area contributed by atoms with Gasteiger partial charge >= 0.3 is 0 Å². The molecule has 1 aliphatic heterocycles. The summed E-state index contributed by atoms with van der Waals surface area (Å²) in [6.45, 7) is 2.13. The number of carbonyl (C=O) groups is 1. The monoisotopic (exact) mass is 376 g/mol. The van der Waals surface area contributed by atoms with Crippen molar-refractivity contribution in [2.24, 2.45) is 0 Å². The van der Waals surface area contributed by atoms with Crippen molar-refractivity contribution in [1.82, 2.24) is 19.4 Å². The number of aromatic nitrogens is 3. The summed E-state index contributed by atoms with van der Waals surface area (Å²) in [5.41, 5.74) is 1.83. The van der Waals surface area contributed by atoms with E-state index in [4.69, 9.17) is 0 Å². The van der Waals surface area contributed by atoms with Crippen LogP contribution in [0.3, 0.4) is 0 Å². The molecule has 3 heterocycles. The van der Waals surface area contributed by atoms with E-state index in [0.717, 1.165) is 36.5 Å². The number of nitrogens with zero attached hydrogens (tertiary/aromatic N) is 4. The van der Waals surface area contributed by atoms with Gasteiger partial charge < -0.3 is 14.6 Å². The zero-order valence-corrected chi connectivity index (χ0v) is 15.7. The molecule has 0 aliphatic carbocycles. The highest BCUT2D eigenvalue weighted by molar-refractivity contribution is 5.79. The number of piperidine rings is 1. The quantitative estimate of drug-likeness (QED) is 0.743. The third kappa shape index (κ3) is 4.22. The summed E-state index contributed by atoms with van der Waals surface area (Å²) in [6.07, 6.45) is 7.91. The standard InChI is InChI=1S/C22H24N4O2/c27-20-8-3-5-17(13-20)14-21(28)25-11-4-6-18(15-25)22-24-10-12-26(22)16-19-7-1-2-9-23-19/h1-3,5,7-10,12-13,18,27H,4,6,11,14-16H2/t18-/m1/s1. The summed E-state index contributed by atoms with van der Waals surface area (Å²) in [7, 11) is 0. The third-order valence-electron chi connectivity index (χ3n) is 5.21. The van der Waals surface area contributed by atoms with E-state index in [1.165, 1.54) is 0 Å². The first-order valence-electron chi connectivity index (χ1n) is 9.65. The number of phenols is 1. The van der Waals surface area contributed by atoms with Gasteiger partial charge in [0.05, 0.1) is 18.7 Å².